The van der Waals surface area contributed by atoms with Crippen LogP contribution in [-0.2, 0) is 19.0 Å². The summed E-state index contributed by atoms with van der Waals surface area (Å²) in [5.41, 5.74) is -1.86. The molecule has 102 valence electrons. The molecule has 1 heterocycles. The van der Waals surface area contributed by atoms with E-state index in [-0.39, 0.29) is 23.3 Å². The van der Waals surface area contributed by atoms with E-state index in [1.54, 1.807) is 0 Å². The Morgan fingerprint density at radius 1 is 1.44 bits per heavy atom. The fourth-order valence-electron chi connectivity index (χ4n) is 2.04. The number of hydrogen-bond donors (Lipinski definition) is 1. The fraction of sp³-hybridized carbons (Fsp3) is 0.700. The van der Waals surface area contributed by atoms with Gasteiger partial charge in [-0.05, 0) is 0 Å². The van der Waals surface area contributed by atoms with Crippen molar-refractivity contribution in [2.45, 2.75) is 23.2 Å². The molecule has 0 amide bonds. The molecule has 0 aromatic heterocycles. The Labute approximate surface area is 119 Å². The number of carbonyl (C=O) groups excluding carboxylic acids is 1. The first kappa shape index (κ1) is 14.4. The van der Waals surface area contributed by atoms with Crippen LogP contribution in [0.4, 0.5) is 0 Å². The topological polar surface area (TPSA) is 65.0 Å². The maximum Gasteiger partial charge on any atom is 0.308 e. The molecule has 1 N–H and O–H groups in total. The average molecular weight is 318 g/mol. The Balaban J connectivity index is 2.37. The van der Waals surface area contributed by atoms with Crippen LogP contribution in [0.1, 0.15) is 6.42 Å². The first-order valence-electron chi connectivity index (χ1n) is 5.16. The minimum absolute atomic E-state index is 0.0342. The van der Waals surface area contributed by atoms with Crippen molar-refractivity contribution in [1.82, 2.24) is 0 Å². The van der Waals surface area contributed by atoms with Crippen LogP contribution in [0.15, 0.2) is 10.1 Å². The first-order chi connectivity index (χ1) is 8.38. The molecular weight excluding hydrogens is 306 g/mol. The van der Waals surface area contributed by atoms with Gasteiger partial charge in [0.05, 0.1) is 36.8 Å². The number of rotatable bonds is 2. The zero-order valence-electron chi connectivity index (χ0n) is 9.41. The van der Waals surface area contributed by atoms with Crippen molar-refractivity contribution in [3.05, 3.63) is 10.1 Å². The number of aliphatic hydroxyl groups is 1. The molecular formula is C10H11Cl3O5. The number of carbonyl (C=O) groups is 1. The second kappa shape index (κ2) is 4.81. The molecule has 0 radical (unpaired) electrons. The highest BCUT2D eigenvalue weighted by atomic mass is 35.5. The van der Waals surface area contributed by atoms with Crippen LogP contribution in [0.5, 0.6) is 0 Å². The molecule has 2 rings (SSSR count). The molecule has 2 aliphatic rings. The van der Waals surface area contributed by atoms with Crippen molar-refractivity contribution in [2.24, 2.45) is 0 Å². The van der Waals surface area contributed by atoms with Gasteiger partial charge in [0.1, 0.15) is 11.0 Å². The van der Waals surface area contributed by atoms with Gasteiger partial charge in [-0.3, -0.25) is 4.79 Å². The number of hydrogen-bond acceptors (Lipinski definition) is 5. The number of alkyl halides is 1. The normalized spacial score (nSPS) is 34.4. The lowest BCUT2D eigenvalue weighted by molar-refractivity contribution is -0.153. The Morgan fingerprint density at radius 2 is 2.00 bits per heavy atom. The zero-order valence-corrected chi connectivity index (χ0v) is 11.7. The van der Waals surface area contributed by atoms with Gasteiger partial charge in [-0.2, -0.15) is 0 Å². The van der Waals surface area contributed by atoms with Crippen LogP contribution in [0, 0.1) is 0 Å². The van der Waals surface area contributed by atoms with E-state index in [1.807, 2.05) is 0 Å². The van der Waals surface area contributed by atoms with Crippen LogP contribution in [-0.4, -0.2) is 48.2 Å². The molecule has 2 atom stereocenters. The molecule has 0 bridgehead atoms. The largest absolute Gasteiger partial charge is 0.469 e. The van der Waals surface area contributed by atoms with Crippen LogP contribution >= 0.6 is 34.8 Å². The Hall–Kier alpha value is -0.0400. The Bertz CT molecular complexity index is 404. The van der Waals surface area contributed by atoms with E-state index in [2.05, 4.69) is 4.74 Å². The van der Waals surface area contributed by atoms with E-state index in [0.29, 0.717) is 0 Å². The highest BCUT2D eigenvalue weighted by Crippen LogP contribution is 2.54. The summed E-state index contributed by atoms with van der Waals surface area (Å²) in [7, 11) is 1.20. The summed E-state index contributed by atoms with van der Waals surface area (Å²) in [5.74, 6) is -2.15. The van der Waals surface area contributed by atoms with Gasteiger partial charge >= 0.3 is 5.97 Å². The van der Waals surface area contributed by atoms with Crippen LogP contribution in [0.25, 0.3) is 0 Å². The summed E-state index contributed by atoms with van der Waals surface area (Å²) in [4.78, 5) is 11.3. The van der Waals surface area contributed by atoms with E-state index in [0.717, 1.165) is 0 Å². The lowest BCUT2D eigenvalue weighted by Crippen LogP contribution is -2.49. The summed E-state index contributed by atoms with van der Waals surface area (Å²) in [6, 6.07) is 0. The molecule has 1 aliphatic heterocycles. The van der Waals surface area contributed by atoms with Crippen molar-refractivity contribution >= 4 is 40.8 Å². The molecule has 5 nitrogen and oxygen atoms in total. The summed E-state index contributed by atoms with van der Waals surface area (Å²) in [6.45, 7) is 0.551. The summed E-state index contributed by atoms with van der Waals surface area (Å²) < 4.78 is 15.2. The van der Waals surface area contributed by atoms with Crippen LogP contribution < -0.4 is 0 Å². The third-order valence-electron chi connectivity index (χ3n) is 2.99. The number of esters is 1. The van der Waals surface area contributed by atoms with Crippen molar-refractivity contribution in [2.75, 3.05) is 20.3 Å². The van der Waals surface area contributed by atoms with Gasteiger partial charge in [0.15, 0.2) is 0 Å². The molecule has 1 aliphatic carbocycles. The average Bonchev–Trinajstić information content (AvgIpc) is 2.89. The van der Waals surface area contributed by atoms with Crippen LogP contribution in [0.2, 0.25) is 0 Å². The number of halogens is 3. The van der Waals surface area contributed by atoms with E-state index in [4.69, 9.17) is 44.3 Å². The predicted octanol–water partition coefficient (Wildman–Crippen LogP) is 1.33. The van der Waals surface area contributed by atoms with E-state index >= 15 is 0 Å². The second-order valence-corrected chi connectivity index (χ2v) is 5.22. The quantitative estimate of drug-likeness (QED) is 0.615. The second-order valence-electron chi connectivity index (χ2n) is 4.03. The SMILES string of the molecule is COC(=O)C[C@@]1(O)C(Cl)=C(Cl)C2(OCCO2)[C@@H]1Cl. The highest BCUT2D eigenvalue weighted by molar-refractivity contribution is 6.43. The lowest BCUT2D eigenvalue weighted by Gasteiger charge is -2.32. The molecule has 8 heteroatoms. The Morgan fingerprint density at radius 3 is 2.50 bits per heavy atom. The van der Waals surface area contributed by atoms with E-state index < -0.39 is 29.2 Å². The van der Waals surface area contributed by atoms with Gasteiger partial charge in [0.25, 0.3) is 0 Å². The molecule has 1 spiro atoms. The van der Waals surface area contributed by atoms with E-state index in [9.17, 15) is 9.90 Å². The highest BCUT2D eigenvalue weighted by Gasteiger charge is 2.65. The molecule has 0 saturated carbocycles. The maximum absolute atomic E-state index is 11.3. The van der Waals surface area contributed by atoms with Gasteiger partial charge < -0.3 is 19.3 Å². The molecule has 0 aromatic rings. The summed E-state index contributed by atoms with van der Waals surface area (Å²) in [5, 5.41) is 9.14. The Kier molecular flexibility index (Phi) is 3.84. The summed E-state index contributed by atoms with van der Waals surface area (Å²) in [6.07, 6.45) is -0.429. The standard InChI is InChI=1S/C10H11Cl3O5/c1-16-5(14)4-9(15)6(11)7(12)10(8(9)13)17-2-3-18-10/h8,15H,2-4H2,1H3/t8-,9-/m1/s1. The predicted molar refractivity (Wildman–Crippen MR) is 64.6 cm³/mol. The molecule has 1 fully saturated rings. The first-order valence-corrected chi connectivity index (χ1v) is 6.35. The van der Waals surface area contributed by atoms with Gasteiger partial charge in [-0.1, -0.05) is 23.2 Å². The zero-order chi connectivity index (χ0) is 13.6. The summed E-state index contributed by atoms with van der Waals surface area (Å²) >= 11 is 18.2. The van der Waals surface area contributed by atoms with Gasteiger partial charge in [0, 0.05) is 0 Å². The monoisotopic (exact) mass is 316 g/mol. The van der Waals surface area contributed by atoms with Crippen molar-refractivity contribution in [3.8, 4) is 0 Å². The lowest BCUT2D eigenvalue weighted by atomic mass is 9.97. The third kappa shape index (κ3) is 1.85. The van der Waals surface area contributed by atoms with Crippen molar-refractivity contribution < 1.29 is 24.1 Å². The molecule has 0 aromatic carbocycles. The van der Waals surface area contributed by atoms with Gasteiger partial charge in [0.2, 0.25) is 5.79 Å². The molecule has 0 unspecified atom stereocenters. The fourth-order valence-corrected chi connectivity index (χ4v) is 3.26. The maximum atomic E-state index is 11.3. The minimum Gasteiger partial charge on any atom is -0.469 e. The van der Waals surface area contributed by atoms with Crippen LogP contribution in [0.3, 0.4) is 0 Å². The smallest absolute Gasteiger partial charge is 0.308 e. The van der Waals surface area contributed by atoms with Gasteiger partial charge in [-0.15, -0.1) is 11.6 Å². The van der Waals surface area contributed by atoms with E-state index in [1.165, 1.54) is 7.11 Å². The number of ether oxygens (including phenoxy) is 3. The minimum atomic E-state index is -1.86. The molecule has 1 saturated heterocycles. The third-order valence-corrected chi connectivity index (χ3v) is 4.70. The van der Waals surface area contributed by atoms with Gasteiger partial charge in [-0.25, -0.2) is 0 Å². The van der Waals surface area contributed by atoms with Crippen molar-refractivity contribution in [1.29, 1.82) is 0 Å². The van der Waals surface area contributed by atoms with Crippen molar-refractivity contribution in [3.63, 3.8) is 0 Å². The number of methoxy groups -OCH3 is 1. The molecule has 18 heavy (non-hydrogen) atoms.